The van der Waals surface area contributed by atoms with Gasteiger partial charge in [-0.3, -0.25) is 19.2 Å². The van der Waals surface area contributed by atoms with Crippen molar-refractivity contribution in [3.63, 3.8) is 0 Å². The molecule has 1 aliphatic rings. The van der Waals surface area contributed by atoms with Crippen LogP contribution in [0.1, 0.15) is 62.5 Å². The molecule has 0 bridgehead atoms. The van der Waals surface area contributed by atoms with Crippen molar-refractivity contribution >= 4 is 52.8 Å². The molecule has 0 radical (unpaired) electrons. The van der Waals surface area contributed by atoms with Crippen molar-refractivity contribution in [1.29, 1.82) is 5.26 Å². The van der Waals surface area contributed by atoms with Crippen LogP contribution >= 0.6 is 12.2 Å². The number of hydrogen-bond donors (Lipinski definition) is 0. The van der Waals surface area contributed by atoms with Gasteiger partial charge in [0.15, 0.2) is 24.5 Å². The average molecular weight is 679 g/mol. The van der Waals surface area contributed by atoms with Crippen LogP contribution in [0, 0.1) is 22.9 Å². The first-order valence-corrected chi connectivity index (χ1v) is 15.4. The van der Waals surface area contributed by atoms with Gasteiger partial charge in [0, 0.05) is 39.0 Å². The Bertz CT molecular complexity index is 1870. The fraction of sp³-hybridized carbons (Fsp3) is 0.382. The Morgan fingerprint density at radius 3 is 2.06 bits per heavy atom. The summed E-state index contributed by atoms with van der Waals surface area (Å²) in [5, 5.41) is 12.2. The van der Waals surface area contributed by atoms with Crippen LogP contribution in [0.25, 0.3) is 21.9 Å². The maximum Gasteiger partial charge on any atom is 0.340 e. The Morgan fingerprint density at radius 2 is 1.46 bits per heavy atom. The molecule has 0 saturated carbocycles. The van der Waals surface area contributed by atoms with Gasteiger partial charge >= 0.3 is 29.8 Å². The van der Waals surface area contributed by atoms with Crippen LogP contribution < -0.4 is 0 Å². The van der Waals surface area contributed by atoms with Crippen LogP contribution in [0.5, 0.6) is 0 Å². The fourth-order valence-electron chi connectivity index (χ4n) is 5.80. The van der Waals surface area contributed by atoms with Gasteiger partial charge in [0.1, 0.15) is 23.4 Å². The summed E-state index contributed by atoms with van der Waals surface area (Å²) in [6.07, 6.45) is -7.27. The van der Waals surface area contributed by atoms with Crippen molar-refractivity contribution in [3.05, 3.63) is 63.9 Å². The molecule has 1 aromatic heterocycles. The number of fused-ring (bicyclic) bond motifs is 1. The van der Waals surface area contributed by atoms with Crippen molar-refractivity contribution < 1.29 is 52.4 Å². The SMILES string of the molecule is CCOC(=O)c1c(-c2cccc3ccccc23)c(C#N)c(=S)n(C2OC(COC(C)=O)C(OC(C)=O)C(OC(C)=O)C2OC(C)=O)c1C. The fourth-order valence-corrected chi connectivity index (χ4v) is 6.18. The van der Waals surface area contributed by atoms with E-state index in [1.54, 1.807) is 26.0 Å². The van der Waals surface area contributed by atoms with Crippen LogP contribution in [0.3, 0.4) is 0 Å². The number of ether oxygens (including phenoxy) is 6. The van der Waals surface area contributed by atoms with E-state index in [0.29, 0.717) is 5.56 Å². The predicted molar refractivity (Wildman–Crippen MR) is 171 cm³/mol. The van der Waals surface area contributed by atoms with Crippen molar-refractivity contribution in [3.8, 4) is 17.2 Å². The molecular weight excluding hydrogens is 644 g/mol. The van der Waals surface area contributed by atoms with Crippen LogP contribution in [0.4, 0.5) is 0 Å². The smallest absolute Gasteiger partial charge is 0.340 e. The molecule has 5 unspecified atom stereocenters. The molecule has 48 heavy (non-hydrogen) atoms. The molecule has 5 atom stereocenters. The van der Waals surface area contributed by atoms with E-state index in [1.165, 1.54) is 4.57 Å². The Hall–Kier alpha value is -5.13. The monoisotopic (exact) mass is 678 g/mol. The zero-order valence-electron chi connectivity index (χ0n) is 27.1. The highest BCUT2D eigenvalue weighted by Crippen LogP contribution is 2.41. The molecular formula is C34H34N2O11S. The average Bonchev–Trinajstić information content (AvgIpc) is 3.01. The Morgan fingerprint density at radius 1 is 0.854 bits per heavy atom. The molecule has 13 nitrogen and oxygen atoms in total. The van der Waals surface area contributed by atoms with Gasteiger partial charge in [0.25, 0.3) is 0 Å². The van der Waals surface area contributed by atoms with Crippen molar-refractivity contribution in [2.75, 3.05) is 13.2 Å². The Balaban J connectivity index is 2.09. The first-order chi connectivity index (χ1) is 22.8. The summed E-state index contributed by atoms with van der Waals surface area (Å²) < 4.78 is 34.9. The van der Waals surface area contributed by atoms with Gasteiger partial charge in [-0.25, -0.2) is 4.79 Å². The molecule has 1 fully saturated rings. The molecule has 3 aromatic rings. The van der Waals surface area contributed by atoms with Crippen LogP contribution in [0.2, 0.25) is 0 Å². The van der Waals surface area contributed by atoms with Crippen LogP contribution in [-0.2, 0) is 47.6 Å². The minimum atomic E-state index is -1.54. The third-order valence-corrected chi connectivity index (χ3v) is 7.93. The Labute approximate surface area is 281 Å². The van der Waals surface area contributed by atoms with E-state index in [1.807, 2.05) is 30.3 Å². The quantitative estimate of drug-likeness (QED) is 0.174. The van der Waals surface area contributed by atoms with Crippen LogP contribution in [0.15, 0.2) is 42.5 Å². The molecule has 1 aliphatic heterocycles. The lowest BCUT2D eigenvalue weighted by Crippen LogP contribution is -2.60. The van der Waals surface area contributed by atoms with Gasteiger partial charge in [-0.15, -0.1) is 0 Å². The van der Waals surface area contributed by atoms with Gasteiger partial charge in [-0.05, 0) is 30.2 Å². The van der Waals surface area contributed by atoms with E-state index in [4.69, 9.17) is 40.6 Å². The van der Waals surface area contributed by atoms with E-state index >= 15 is 0 Å². The highest BCUT2D eigenvalue weighted by atomic mass is 32.1. The molecule has 2 heterocycles. The largest absolute Gasteiger partial charge is 0.463 e. The van der Waals surface area contributed by atoms with Gasteiger partial charge in [0.05, 0.1) is 17.7 Å². The number of hydrogen-bond acceptors (Lipinski definition) is 13. The Kier molecular flexibility index (Phi) is 11.3. The van der Waals surface area contributed by atoms with Gasteiger partial charge in [0.2, 0.25) is 0 Å². The number of carbonyl (C=O) groups excluding carboxylic acids is 5. The van der Waals surface area contributed by atoms with Gasteiger partial charge in [-0.2, -0.15) is 5.26 Å². The number of esters is 5. The van der Waals surface area contributed by atoms with Gasteiger partial charge < -0.3 is 33.0 Å². The van der Waals surface area contributed by atoms with E-state index < -0.39 is 67.1 Å². The van der Waals surface area contributed by atoms with Crippen molar-refractivity contribution in [1.82, 2.24) is 4.57 Å². The van der Waals surface area contributed by atoms with Crippen molar-refractivity contribution in [2.24, 2.45) is 0 Å². The lowest BCUT2D eigenvalue weighted by Gasteiger charge is -2.45. The number of nitriles is 1. The third-order valence-electron chi connectivity index (χ3n) is 7.53. The second kappa shape index (κ2) is 15.2. The maximum atomic E-state index is 13.8. The van der Waals surface area contributed by atoms with Crippen molar-refractivity contribution in [2.45, 2.75) is 72.2 Å². The zero-order chi connectivity index (χ0) is 35.3. The molecule has 14 heteroatoms. The predicted octanol–water partition coefficient (Wildman–Crippen LogP) is 4.65. The molecule has 0 spiro atoms. The molecule has 2 aromatic carbocycles. The van der Waals surface area contributed by atoms with Gasteiger partial charge in [-0.1, -0.05) is 54.7 Å². The third kappa shape index (κ3) is 7.37. The molecule has 0 N–H and O–H groups in total. The summed E-state index contributed by atoms with van der Waals surface area (Å²) in [4.78, 5) is 62.7. The highest BCUT2D eigenvalue weighted by molar-refractivity contribution is 7.71. The number of carbonyl (C=O) groups is 5. The van der Waals surface area contributed by atoms with E-state index in [0.717, 1.165) is 38.5 Å². The maximum absolute atomic E-state index is 13.8. The zero-order valence-corrected chi connectivity index (χ0v) is 28.0. The standard InChI is InChI=1S/C34H34N2O11S/c1-7-42-34(41)27-17(2)36(33(48)25(15-35)28(27)24-14-10-12-22-11-8-9-13-23(22)24)32-31(46-21(6)40)30(45-20(5)39)29(44-19(4)38)26(47-32)16-43-18(3)37/h8-14,26,29-32H,7,16H2,1-6H3. The lowest BCUT2D eigenvalue weighted by molar-refractivity contribution is -0.269. The number of benzene rings is 2. The summed E-state index contributed by atoms with van der Waals surface area (Å²) in [6, 6.07) is 15.0. The first kappa shape index (κ1) is 35.7. The van der Waals surface area contributed by atoms with E-state index in [9.17, 15) is 29.2 Å². The number of pyridine rings is 1. The minimum Gasteiger partial charge on any atom is -0.463 e. The molecule has 252 valence electrons. The minimum absolute atomic E-state index is 0.00379. The van der Waals surface area contributed by atoms with Crippen LogP contribution in [-0.4, -0.2) is 72.0 Å². The second-order valence-electron chi connectivity index (χ2n) is 10.8. The van der Waals surface area contributed by atoms with E-state index in [-0.39, 0.29) is 33.6 Å². The highest BCUT2D eigenvalue weighted by Gasteiger charge is 2.53. The number of rotatable bonds is 9. The summed E-state index contributed by atoms with van der Waals surface area (Å²) >= 11 is 5.91. The summed E-state index contributed by atoms with van der Waals surface area (Å²) in [5.41, 5.74) is 0.795. The molecule has 1 saturated heterocycles. The molecule has 0 aliphatic carbocycles. The summed E-state index contributed by atoms with van der Waals surface area (Å²) in [6.45, 7) is 7.17. The number of aromatic nitrogens is 1. The summed E-state index contributed by atoms with van der Waals surface area (Å²) in [5.74, 6) is -3.90. The molecule has 4 rings (SSSR count). The van der Waals surface area contributed by atoms with E-state index in [2.05, 4.69) is 6.07 Å². The summed E-state index contributed by atoms with van der Waals surface area (Å²) in [7, 11) is 0. The lowest BCUT2D eigenvalue weighted by atomic mass is 9.90. The normalized spacial score (nSPS) is 20.2. The first-order valence-electron chi connectivity index (χ1n) is 15.0. The molecule has 0 amide bonds. The topological polar surface area (TPSA) is 169 Å². The second-order valence-corrected chi connectivity index (χ2v) is 11.2. The number of nitrogens with zero attached hydrogens (tertiary/aromatic N) is 2.